The molecule has 6 heteroatoms. The van der Waals surface area contributed by atoms with E-state index in [0.717, 1.165) is 11.0 Å². The van der Waals surface area contributed by atoms with Gasteiger partial charge in [0.25, 0.3) is 0 Å². The summed E-state index contributed by atoms with van der Waals surface area (Å²) >= 11 is 0. The lowest BCUT2D eigenvalue weighted by atomic mass is 10.3. The Bertz CT molecular complexity index is 390. The molecular formula is C8H8N4S2. The maximum absolute atomic E-state index is 3.81. The Hall–Kier alpha value is -1.14. The van der Waals surface area contributed by atoms with Crippen molar-refractivity contribution < 1.29 is 0 Å². The fraction of sp³-hybridized carbons (Fsp3) is 0. The Labute approximate surface area is 89.1 Å². The van der Waals surface area contributed by atoms with E-state index in [1.165, 1.54) is 0 Å². The molecule has 0 aliphatic carbocycles. The zero-order chi connectivity index (χ0) is 9.64. The van der Waals surface area contributed by atoms with Crippen LogP contribution in [-0.2, 0) is 0 Å². The van der Waals surface area contributed by atoms with Crippen LogP contribution < -0.4 is 4.72 Å². The highest BCUT2D eigenvalue weighted by Gasteiger charge is 1.90. The summed E-state index contributed by atoms with van der Waals surface area (Å²) in [7, 11) is 3.33. The van der Waals surface area contributed by atoms with Crippen LogP contribution in [0.25, 0.3) is 11.0 Å². The summed E-state index contributed by atoms with van der Waals surface area (Å²) in [5, 5.41) is 12.2. The molecule has 0 spiro atoms. The highest BCUT2D eigenvalue weighted by Crippen LogP contribution is 2.22. The Kier molecular flexibility index (Phi) is 3.31. The van der Waals surface area contributed by atoms with E-state index in [9.17, 15) is 0 Å². The zero-order valence-corrected chi connectivity index (χ0v) is 8.81. The molecule has 1 aliphatic rings. The number of fused-ring (bicyclic) bond motifs is 1. The van der Waals surface area contributed by atoms with Crippen LogP contribution in [0.15, 0.2) is 35.9 Å². The van der Waals surface area contributed by atoms with Gasteiger partial charge in [0.05, 0.1) is 5.52 Å². The summed E-state index contributed by atoms with van der Waals surface area (Å²) in [5.41, 5.74) is 1.90. The molecule has 2 heterocycles. The van der Waals surface area contributed by atoms with E-state index >= 15 is 0 Å². The average Bonchev–Trinajstić information content (AvgIpc) is 2.92. The van der Waals surface area contributed by atoms with E-state index in [-0.39, 0.29) is 0 Å². The van der Waals surface area contributed by atoms with E-state index < -0.39 is 0 Å². The lowest BCUT2D eigenvalue weighted by Crippen LogP contribution is -1.76. The lowest BCUT2D eigenvalue weighted by molar-refractivity contribution is 0.959. The van der Waals surface area contributed by atoms with E-state index in [2.05, 4.69) is 20.1 Å². The van der Waals surface area contributed by atoms with Crippen molar-refractivity contribution >= 4 is 32.8 Å². The van der Waals surface area contributed by atoms with Crippen molar-refractivity contribution in [3.8, 4) is 0 Å². The summed E-state index contributed by atoms with van der Waals surface area (Å²) in [6.07, 6.45) is 1.91. The number of nitrogens with one attached hydrogen (secondary N) is 2. The molecule has 0 amide bonds. The minimum absolute atomic E-state index is 0.914. The normalized spacial score (nSPS) is 13.4. The van der Waals surface area contributed by atoms with Crippen molar-refractivity contribution in [2.75, 3.05) is 0 Å². The van der Waals surface area contributed by atoms with Crippen molar-refractivity contribution in [2.45, 2.75) is 0 Å². The molecule has 0 saturated heterocycles. The molecular weight excluding hydrogens is 216 g/mol. The topological polar surface area (TPSA) is 53.6 Å². The van der Waals surface area contributed by atoms with Crippen LogP contribution in [-0.4, -0.2) is 15.4 Å². The van der Waals surface area contributed by atoms with Crippen LogP contribution in [0.5, 0.6) is 0 Å². The van der Waals surface area contributed by atoms with E-state index in [4.69, 9.17) is 0 Å². The number of H-pyrrole nitrogens is 1. The molecule has 1 aliphatic heterocycles. The third kappa shape index (κ3) is 2.43. The largest absolute Gasteiger partial charge is 0.327 e. The van der Waals surface area contributed by atoms with Gasteiger partial charge in [-0.25, -0.2) is 0 Å². The van der Waals surface area contributed by atoms with Gasteiger partial charge in [-0.15, -0.1) is 5.10 Å². The van der Waals surface area contributed by atoms with Crippen LogP contribution >= 0.6 is 21.8 Å². The predicted molar refractivity (Wildman–Crippen MR) is 61.3 cm³/mol. The summed E-state index contributed by atoms with van der Waals surface area (Å²) in [5.74, 6) is 0. The number of benzene rings is 1. The third-order valence-electron chi connectivity index (χ3n) is 1.52. The van der Waals surface area contributed by atoms with Crippen LogP contribution in [0.2, 0.25) is 0 Å². The van der Waals surface area contributed by atoms with Gasteiger partial charge in [-0.2, -0.15) is 0 Å². The molecule has 1 aromatic carbocycles. The lowest BCUT2D eigenvalue weighted by Gasteiger charge is -1.79. The monoisotopic (exact) mass is 224 g/mol. The van der Waals surface area contributed by atoms with Crippen LogP contribution in [0.4, 0.5) is 0 Å². The van der Waals surface area contributed by atoms with Gasteiger partial charge in [-0.05, 0) is 22.9 Å². The minimum Gasteiger partial charge on any atom is -0.327 e. The van der Waals surface area contributed by atoms with E-state index in [1.54, 1.807) is 21.8 Å². The van der Waals surface area contributed by atoms with Gasteiger partial charge in [0.15, 0.2) is 0 Å². The van der Waals surface area contributed by atoms with Gasteiger partial charge in [0, 0.05) is 22.6 Å². The Morgan fingerprint density at radius 3 is 2.79 bits per heavy atom. The quantitative estimate of drug-likeness (QED) is 0.531. The molecule has 0 radical (unpaired) electrons. The predicted octanol–water partition coefficient (Wildman–Crippen LogP) is 2.32. The Morgan fingerprint density at radius 1 is 1.21 bits per heavy atom. The second-order valence-electron chi connectivity index (χ2n) is 2.43. The summed E-state index contributed by atoms with van der Waals surface area (Å²) in [4.78, 5) is 0. The Morgan fingerprint density at radius 2 is 2.14 bits per heavy atom. The summed E-state index contributed by atoms with van der Waals surface area (Å²) in [6.45, 7) is 0. The van der Waals surface area contributed by atoms with Gasteiger partial charge in [0.2, 0.25) is 0 Å². The van der Waals surface area contributed by atoms with Gasteiger partial charge in [0.1, 0.15) is 5.52 Å². The number of hydrogen-bond acceptors (Lipinski definition) is 5. The molecule has 0 bridgehead atoms. The molecule has 14 heavy (non-hydrogen) atoms. The maximum atomic E-state index is 3.81. The van der Waals surface area contributed by atoms with Crippen molar-refractivity contribution in [2.24, 2.45) is 0 Å². The first-order valence-electron chi connectivity index (χ1n) is 3.95. The first-order chi connectivity index (χ1) is 6.97. The number of para-hydroxylation sites is 1. The SMILES string of the molecule is C1=CSSN1.c1ccc2[nH]nnc2c1. The molecule has 2 aromatic rings. The maximum Gasteiger partial charge on any atom is 0.112 e. The van der Waals surface area contributed by atoms with Gasteiger partial charge < -0.3 is 4.72 Å². The number of aromatic amines is 1. The van der Waals surface area contributed by atoms with Crippen molar-refractivity contribution in [1.29, 1.82) is 0 Å². The second kappa shape index (κ2) is 4.92. The zero-order valence-electron chi connectivity index (χ0n) is 7.18. The highest BCUT2D eigenvalue weighted by molar-refractivity contribution is 8.77. The molecule has 0 saturated carbocycles. The number of rotatable bonds is 0. The van der Waals surface area contributed by atoms with Crippen molar-refractivity contribution in [1.82, 2.24) is 20.1 Å². The minimum atomic E-state index is 0.914. The molecule has 4 nitrogen and oxygen atoms in total. The first kappa shape index (κ1) is 9.42. The molecule has 72 valence electrons. The molecule has 0 unspecified atom stereocenters. The fourth-order valence-corrected chi connectivity index (χ4v) is 2.04. The van der Waals surface area contributed by atoms with Gasteiger partial charge in [-0.1, -0.05) is 17.3 Å². The van der Waals surface area contributed by atoms with Crippen LogP contribution in [0.1, 0.15) is 0 Å². The Balaban J connectivity index is 0.000000128. The van der Waals surface area contributed by atoms with Crippen LogP contribution in [0.3, 0.4) is 0 Å². The van der Waals surface area contributed by atoms with Gasteiger partial charge >= 0.3 is 0 Å². The third-order valence-corrected chi connectivity index (χ3v) is 3.01. The summed E-state index contributed by atoms with van der Waals surface area (Å²) < 4.78 is 2.92. The first-order valence-corrected chi connectivity index (χ1v) is 6.17. The number of aromatic nitrogens is 3. The standard InChI is InChI=1S/C6H5N3.C2H3NS2/c1-2-4-6-5(3-1)7-9-8-6;1-2-4-5-3-1/h1-4H,(H,7,8,9);1-3H. The molecule has 1 aromatic heterocycles. The molecule has 3 rings (SSSR count). The van der Waals surface area contributed by atoms with Crippen LogP contribution in [0, 0.1) is 0 Å². The molecule has 2 N–H and O–H groups in total. The number of nitrogens with zero attached hydrogens (tertiary/aromatic N) is 2. The molecule has 0 fully saturated rings. The second-order valence-corrected chi connectivity index (χ2v) is 4.37. The van der Waals surface area contributed by atoms with E-state index in [1.807, 2.05) is 35.9 Å². The smallest absolute Gasteiger partial charge is 0.112 e. The highest BCUT2D eigenvalue weighted by atomic mass is 33.1. The number of hydrogen-bond donors (Lipinski definition) is 2. The average molecular weight is 224 g/mol. The van der Waals surface area contributed by atoms with Crippen molar-refractivity contribution in [3.63, 3.8) is 0 Å². The van der Waals surface area contributed by atoms with Gasteiger partial charge in [-0.3, -0.25) is 5.10 Å². The molecule has 0 atom stereocenters. The summed E-state index contributed by atoms with van der Waals surface area (Å²) in [6, 6.07) is 7.74. The fourth-order valence-electron chi connectivity index (χ4n) is 0.927. The van der Waals surface area contributed by atoms with E-state index in [0.29, 0.717) is 0 Å². The van der Waals surface area contributed by atoms with Crippen molar-refractivity contribution in [3.05, 3.63) is 35.9 Å².